The molecule has 1 aromatic rings. The summed E-state index contributed by atoms with van der Waals surface area (Å²) < 4.78 is 0. The van der Waals surface area contributed by atoms with E-state index in [-0.39, 0.29) is 5.91 Å². The van der Waals surface area contributed by atoms with Crippen LogP contribution in [0, 0.1) is 17.2 Å². The van der Waals surface area contributed by atoms with Gasteiger partial charge in [0, 0.05) is 19.1 Å². The van der Waals surface area contributed by atoms with Gasteiger partial charge >= 0.3 is 0 Å². The molecular formula is C19H25N3O. The Morgan fingerprint density at radius 1 is 1.22 bits per heavy atom. The van der Waals surface area contributed by atoms with Crippen molar-refractivity contribution in [2.75, 3.05) is 19.6 Å². The molecular weight excluding hydrogens is 286 g/mol. The minimum absolute atomic E-state index is 0.127. The van der Waals surface area contributed by atoms with Crippen molar-refractivity contribution < 1.29 is 4.79 Å². The van der Waals surface area contributed by atoms with Crippen LogP contribution in [0.5, 0.6) is 0 Å². The fourth-order valence-corrected chi connectivity index (χ4v) is 3.92. The molecule has 1 atom stereocenters. The van der Waals surface area contributed by atoms with Crippen LogP contribution in [0.2, 0.25) is 0 Å². The van der Waals surface area contributed by atoms with Crippen molar-refractivity contribution in [2.24, 2.45) is 5.92 Å². The normalized spacial score (nSPS) is 22.7. The highest BCUT2D eigenvalue weighted by Gasteiger charge is 2.29. The summed E-state index contributed by atoms with van der Waals surface area (Å²) in [4.78, 5) is 14.9. The van der Waals surface area contributed by atoms with Crippen LogP contribution in [-0.2, 0) is 0 Å². The van der Waals surface area contributed by atoms with Crippen molar-refractivity contribution in [3.05, 3.63) is 35.4 Å². The first kappa shape index (κ1) is 16.0. The third kappa shape index (κ3) is 3.92. The first-order valence-corrected chi connectivity index (χ1v) is 8.79. The number of benzene rings is 1. The van der Waals surface area contributed by atoms with Gasteiger partial charge in [0.25, 0.3) is 5.91 Å². The minimum Gasteiger partial charge on any atom is -0.352 e. The van der Waals surface area contributed by atoms with Gasteiger partial charge in [-0.15, -0.1) is 0 Å². The number of rotatable bonds is 4. The molecule has 2 aliphatic rings. The fraction of sp³-hybridized carbons (Fsp3) is 0.579. The molecule has 0 radical (unpaired) electrons. The molecule has 0 bridgehead atoms. The van der Waals surface area contributed by atoms with Gasteiger partial charge in [0.05, 0.1) is 17.2 Å². The molecule has 4 heteroatoms. The smallest absolute Gasteiger partial charge is 0.252 e. The van der Waals surface area contributed by atoms with Gasteiger partial charge in [-0.2, -0.15) is 5.26 Å². The van der Waals surface area contributed by atoms with E-state index in [1.807, 2.05) is 0 Å². The van der Waals surface area contributed by atoms with Gasteiger partial charge in [0.2, 0.25) is 0 Å². The van der Waals surface area contributed by atoms with E-state index in [1.54, 1.807) is 24.3 Å². The lowest BCUT2D eigenvalue weighted by atomic mass is 9.94. The number of amides is 1. The highest BCUT2D eigenvalue weighted by Crippen LogP contribution is 2.27. The topological polar surface area (TPSA) is 56.1 Å². The fourth-order valence-electron chi connectivity index (χ4n) is 3.92. The lowest BCUT2D eigenvalue weighted by Gasteiger charge is -2.31. The summed E-state index contributed by atoms with van der Waals surface area (Å²) in [5.41, 5.74) is 0.928. The summed E-state index contributed by atoms with van der Waals surface area (Å²) in [5, 5.41) is 12.1. The molecule has 1 saturated carbocycles. The summed E-state index contributed by atoms with van der Waals surface area (Å²) >= 11 is 0. The third-order valence-corrected chi connectivity index (χ3v) is 5.25. The van der Waals surface area contributed by atoms with Crippen LogP contribution < -0.4 is 5.32 Å². The first-order chi connectivity index (χ1) is 11.3. The van der Waals surface area contributed by atoms with Crippen LogP contribution >= 0.6 is 0 Å². The monoisotopic (exact) mass is 311 g/mol. The Balaban J connectivity index is 1.49. The van der Waals surface area contributed by atoms with E-state index in [2.05, 4.69) is 16.3 Å². The zero-order chi connectivity index (χ0) is 16.1. The van der Waals surface area contributed by atoms with E-state index in [4.69, 9.17) is 5.26 Å². The van der Waals surface area contributed by atoms with E-state index in [0.717, 1.165) is 19.0 Å². The average Bonchev–Trinajstić information content (AvgIpc) is 3.09. The number of nitrogens with zero attached hydrogens (tertiary/aromatic N) is 2. The van der Waals surface area contributed by atoms with Crippen LogP contribution in [0.3, 0.4) is 0 Å². The number of nitrogens with one attached hydrogen (secondary N) is 1. The number of carbonyl (C=O) groups excluding carboxylic acids is 1. The van der Waals surface area contributed by atoms with Crippen molar-refractivity contribution in [3.63, 3.8) is 0 Å². The predicted octanol–water partition coefficient (Wildman–Crippen LogP) is 2.94. The van der Waals surface area contributed by atoms with Crippen molar-refractivity contribution >= 4 is 5.91 Å². The summed E-state index contributed by atoms with van der Waals surface area (Å²) in [6.45, 7) is 2.98. The number of nitriles is 1. The Morgan fingerprint density at radius 2 is 2.00 bits per heavy atom. The Kier molecular flexibility index (Phi) is 5.30. The van der Waals surface area contributed by atoms with E-state index >= 15 is 0 Å². The molecule has 1 amide bonds. The minimum atomic E-state index is -0.127. The molecule has 1 N–H and O–H groups in total. The predicted molar refractivity (Wildman–Crippen MR) is 90.0 cm³/mol. The van der Waals surface area contributed by atoms with Crippen LogP contribution in [0.15, 0.2) is 24.3 Å². The van der Waals surface area contributed by atoms with E-state index < -0.39 is 0 Å². The van der Waals surface area contributed by atoms with Gasteiger partial charge in [-0.3, -0.25) is 4.79 Å². The number of carbonyl (C=O) groups is 1. The molecule has 4 nitrogen and oxygen atoms in total. The average molecular weight is 311 g/mol. The summed E-state index contributed by atoms with van der Waals surface area (Å²) in [6.07, 6.45) is 7.98. The van der Waals surface area contributed by atoms with Crippen molar-refractivity contribution in [1.82, 2.24) is 10.2 Å². The Morgan fingerprint density at radius 3 is 2.78 bits per heavy atom. The molecule has 0 aromatic heterocycles. The molecule has 1 aliphatic heterocycles. The lowest BCUT2D eigenvalue weighted by molar-refractivity contribution is 0.0946. The highest BCUT2D eigenvalue weighted by molar-refractivity contribution is 5.96. The van der Waals surface area contributed by atoms with Gasteiger partial charge in [-0.1, -0.05) is 31.4 Å². The van der Waals surface area contributed by atoms with Crippen LogP contribution in [-0.4, -0.2) is 36.5 Å². The Bertz CT molecular complexity index is 587. The molecule has 2 fully saturated rings. The zero-order valence-electron chi connectivity index (χ0n) is 13.6. The third-order valence-electron chi connectivity index (χ3n) is 5.25. The second-order valence-electron chi connectivity index (χ2n) is 6.81. The van der Waals surface area contributed by atoms with E-state index in [1.165, 1.54) is 38.6 Å². The van der Waals surface area contributed by atoms with Gasteiger partial charge in [-0.25, -0.2) is 0 Å². The molecule has 1 aliphatic carbocycles. The maximum Gasteiger partial charge on any atom is 0.252 e. The molecule has 122 valence electrons. The van der Waals surface area contributed by atoms with Crippen molar-refractivity contribution in [3.8, 4) is 6.07 Å². The van der Waals surface area contributed by atoms with E-state index in [9.17, 15) is 4.79 Å². The van der Waals surface area contributed by atoms with Gasteiger partial charge in [-0.05, 0) is 43.9 Å². The highest BCUT2D eigenvalue weighted by atomic mass is 16.1. The second-order valence-corrected chi connectivity index (χ2v) is 6.81. The number of likely N-dealkylation sites (tertiary alicyclic amines) is 1. The quantitative estimate of drug-likeness (QED) is 0.930. The summed E-state index contributed by atoms with van der Waals surface area (Å²) in [6, 6.07) is 9.85. The largest absolute Gasteiger partial charge is 0.352 e. The standard InChI is InChI=1S/C19H25N3O/c20-12-16-6-4-5-9-18(16)19(23)21-13-15-10-11-22(14-15)17-7-2-1-3-8-17/h4-6,9,15,17H,1-3,7-8,10-11,13-14H2,(H,21,23). The molecule has 23 heavy (non-hydrogen) atoms. The van der Waals surface area contributed by atoms with Crippen molar-refractivity contribution in [1.29, 1.82) is 5.26 Å². The molecule has 1 unspecified atom stereocenters. The number of hydrogen-bond donors (Lipinski definition) is 1. The maximum atomic E-state index is 12.3. The molecule has 3 rings (SSSR count). The van der Waals surface area contributed by atoms with Crippen LogP contribution in [0.1, 0.15) is 54.4 Å². The van der Waals surface area contributed by atoms with Gasteiger partial charge in [0.15, 0.2) is 0 Å². The van der Waals surface area contributed by atoms with Crippen molar-refractivity contribution in [2.45, 2.75) is 44.6 Å². The maximum absolute atomic E-state index is 12.3. The molecule has 1 aromatic carbocycles. The zero-order valence-corrected chi connectivity index (χ0v) is 13.6. The van der Waals surface area contributed by atoms with E-state index in [0.29, 0.717) is 23.6 Å². The summed E-state index contributed by atoms with van der Waals surface area (Å²) in [7, 11) is 0. The van der Waals surface area contributed by atoms with Crippen LogP contribution in [0.4, 0.5) is 0 Å². The number of hydrogen-bond acceptors (Lipinski definition) is 3. The van der Waals surface area contributed by atoms with Gasteiger partial charge in [0.1, 0.15) is 0 Å². The van der Waals surface area contributed by atoms with Gasteiger partial charge < -0.3 is 10.2 Å². The molecule has 1 heterocycles. The molecule has 0 spiro atoms. The van der Waals surface area contributed by atoms with Crippen LogP contribution in [0.25, 0.3) is 0 Å². The Labute approximate surface area is 138 Å². The first-order valence-electron chi connectivity index (χ1n) is 8.79. The lowest BCUT2D eigenvalue weighted by Crippen LogP contribution is -2.36. The molecule has 1 saturated heterocycles. The Hall–Kier alpha value is -1.86. The second kappa shape index (κ2) is 7.61. The summed E-state index contributed by atoms with van der Waals surface area (Å²) in [5.74, 6) is 0.411. The SMILES string of the molecule is N#Cc1ccccc1C(=O)NCC1CCN(C2CCCCC2)C1.